The minimum Gasteiger partial charge on any atom is -0.507 e. The number of likely N-dealkylation sites (tertiary alicyclic amines) is 1. The number of aliphatic hydroxyl groups is 1. The number of nitrogens with zero attached hydrogens (tertiary/aromatic N) is 2. The van der Waals surface area contributed by atoms with Crippen molar-refractivity contribution in [1.29, 1.82) is 0 Å². The first-order chi connectivity index (χ1) is 19.0. The number of hydrogen-bond acceptors (Lipinski definition) is 8. The van der Waals surface area contributed by atoms with Crippen molar-refractivity contribution in [1.82, 2.24) is 9.80 Å². The highest BCUT2D eigenvalue weighted by Crippen LogP contribution is 2.42. The fourth-order valence-corrected chi connectivity index (χ4v) is 4.98. The quantitative estimate of drug-likeness (QED) is 0.246. The highest BCUT2D eigenvalue weighted by molar-refractivity contribution is 6.46. The molecule has 4 rings (SSSR count). The number of amides is 1. The highest BCUT2D eigenvalue weighted by Gasteiger charge is 2.46. The molecule has 1 N–H and O–H groups in total. The van der Waals surface area contributed by atoms with Crippen LogP contribution >= 0.6 is 0 Å². The van der Waals surface area contributed by atoms with Crippen LogP contribution in [-0.4, -0.2) is 86.3 Å². The summed E-state index contributed by atoms with van der Waals surface area (Å²) in [5.41, 5.74) is 1.11. The number of carbonyl (C=O) groups excluding carboxylic acids is 2. The average Bonchev–Trinajstić information content (AvgIpc) is 3.22. The zero-order valence-electron chi connectivity index (χ0n) is 23.0. The third kappa shape index (κ3) is 6.54. The van der Waals surface area contributed by atoms with Crippen molar-refractivity contribution < 1.29 is 33.6 Å². The predicted molar refractivity (Wildman–Crippen MR) is 147 cm³/mol. The summed E-state index contributed by atoms with van der Waals surface area (Å²) >= 11 is 0. The Hall–Kier alpha value is -3.56. The summed E-state index contributed by atoms with van der Waals surface area (Å²) in [5.74, 6) is 0.0622. The molecule has 39 heavy (non-hydrogen) atoms. The molecule has 0 radical (unpaired) electrons. The molecule has 0 spiro atoms. The molecule has 2 saturated heterocycles. The Morgan fingerprint density at radius 3 is 2.54 bits per heavy atom. The van der Waals surface area contributed by atoms with Gasteiger partial charge in [0.2, 0.25) is 0 Å². The molecule has 1 atom stereocenters. The lowest BCUT2D eigenvalue weighted by atomic mass is 9.95. The number of aliphatic hydroxyl groups excluding tert-OH is 1. The van der Waals surface area contributed by atoms with Crippen molar-refractivity contribution in [3.05, 3.63) is 59.2 Å². The lowest BCUT2D eigenvalue weighted by Crippen LogP contribution is -2.39. The van der Waals surface area contributed by atoms with Crippen molar-refractivity contribution >= 4 is 17.4 Å². The smallest absolute Gasteiger partial charge is 0.295 e. The molecule has 9 heteroatoms. The van der Waals surface area contributed by atoms with Crippen LogP contribution in [0.2, 0.25) is 0 Å². The van der Waals surface area contributed by atoms with Gasteiger partial charge in [-0.1, -0.05) is 25.1 Å². The lowest BCUT2D eigenvalue weighted by molar-refractivity contribution is -0.140. The number of benzene rings is 2. The normalized spacial score (nSPS) is 19.4. The molecular weight excluding hydrogens is 500 g/mol. The highest BCUT2D eigenvalue weighted by atomic mass is 16.5. The summed E-state index contributed by atoms with van der Waals surface area (Å²) in [6, 6.07) is 11.5. The van der Waals surface area contributed by atoms with Crippen LogP contribution in [-0.2, 0) is 14.3 Å². The number of morpholine rings is 1. The maximum Gasteiger partial charge on any atom is 0.295 e. The van der Waals surface area contributed by atoms with Gasteiger partial charge in [-0.3, -0.25) is 14.5 Å². The molecule has 0 saturated carbocycles. The van der Waals surface area contributed by atoms with Gasteiger partial charge in [0.05, 0.1) is 45.2 Å². The predicted octanol–water partition coefficient (Wildman–Crippen LogP) is 4.03. The van der Waals surface area contributed by atoms with Crippen LogP contribution in [0.3, 0.4) is 0 Å². The standard InChI is InChI=1S/C30H38N2O7/c1-4-16-39-23-9-6-8-22(19-23)28(33)26-27(21-10-11-24(38-5-2)25(20-21)36-3)32(30(35)29(26)34)13-7-12-31-14-17-37-18-15-31/h6,8-11,19-20,27,33H,4-5,7,12-18H2,1-3H3/b28-26+. The van der Waals surface area contributed by atoms with E-state index < -0.39 is 17.7 Å². The molecule has 0 bridgehead atoms. The van der Waals surface area contributed by atoms with Crippen LogP contribution in [0.25, 0.3) is 5.76 Å². The molecule has 9 nitrogen and oxygen atoms in total. The van der Waals surface area contributed by atoms with Crippen molar-refractivity contribution in [3.63, 3.8) is 0 Å². The van der Waals surface area contributed by atoms with Crippen molar-refractivity contribution in [2.45, 2.75) is 32.7 Å². The second-order valence-corrected chi connectivity index (χ2v) is 9.52. The summed E-state index contributed by atoms with van der Waals surface area (Å²) in [7, 11) is 1.54. The van der Waals surface area contributed by atoms with Gasteiger partial charge in [-0.15, -0.1) is 0 Å². The van der Waals surface area contributed by atoms with Crippen molar-refractivity contribution in [2.75, 3.05) is 59.7 Å². The van der Waals surface area contributed by atoms with Crippen LogP contribution in [0.5, 0.6) is 17.2 Å². The van der Waals surface area contributed by atoms with Gasteiger partial charge in [0.25, 0.3) is 11.7 Å². The van der Waals surface area contributed by atoms with Crippen LogP contribution in [0.15, 0.2) is 48.0 Å². The largest absolute Gasteiger partial charge is 0.507 e. The Balaban J connectivity index is 1.72. The maximum absolute atomic E-state index is 13.4. The molecule has 2 aromatic carbocycles. The first kappa shape index (κ1) is 28.4. The summed E-state index contributed by atoms with van der Waals surface area (Å²) < 4.78 is 22.4. The number of Topliss-reactive ketones (excluding diaryl/α,β-unsaturated/α-hetero) is 1. The molecule has 2 aliphatic heterocycles. The second-order valence-electron chi connectivity index (χ2n) is 9.52. The second kappa shape index (κ2) is 13.5. The Bertz CT molecular complexity index is 1190. The third-order valence-electron chi connectivity index (χ3n) is 6.90. The zero-order chi connectivity index (χ0) is 27.8. The number of hydrogen-bond donors (Lipinski definition) is 1. The molecular formula is C30H38N2O7. The molecule has 1 unspecified atom stereocenters. The van der Waals surface area contributed by atoms with Crippen LogP contribution in [0.4, 0.5) is 0 Å². The van der Waals surface area contributed by atoms with Gasteiger partial charge >= 0.3 is 0 Å². The van der Waals surface area contributed by atoms with Gasteiger partial charge in [-0.05, 0) is 49.6 Å². The van der Waals surface area contributed by atoms with Crippen LogP contribution in [0, 0.1) is 0 Å². The van der Waals surface area contributed by atoms with E-state index in [0.29, 0.717) is 67.8 Å². The number of carbonyl (C=O) groups is 2. The van der Waals surface area contributed by atoms with E-state index in [1.807, 2.05) is 19.9 Å². The lowest BCUT2D eigenvalue weighted by Gasteiger charge is -2.29. The molecule has 2 aromatic rings. The molecule has 2 aliphatic rings. The third-order valence-corrected chi connectivity index (χ3v) is 6.90. The van der Waals surface area contributed by atoms with E-state index in [0.717, 1.165) is 26.1 Å². The van der Waals surface area contributed by atoms with Crippen LogP contribution < -0.4 is 14.2 Å². The van der Waals surface area contributed by atoms with Gasteiger partial charge in [0.1, 0.15) is 11.5 Å². The maximum atomic E-state index is 13.4. The minimum absolute atomic E-state index is 0.0465. The summed E-state index contributed by atoms with van der Waals surface area (Å²) in [5, 5.41) is 11.4. The Morgan fingerprint density at radius 2 is 1.82 bits per heavy atom. The van der Waals surface area contributed by atoms with E-state index in [1.54, 1.807) is 48.4 Å². The Morgan fingerprint density at radius 1 is 1.03 bits per heavy atom. The molecule has 1 amide bonds. The number of ether oxygens (including phenoxy) is 4. The van der Waals surface area contributed by atoms with Crippen molar-refractivity contribution in [2.24, 2.45) is 0 Å². The van der Waals surface area contributed by atoms with Gasteiger partial charge < -0.3 is 29.0 Å². The van der Waals surface area contributed by atoms with Gasteiger partial charge in [0, 0.05) is 31.7 Å². The Labute approximate surface area is 229 Å². The molecule has 0 aromatic heterocycles. The fraction of sp³-hybridized carbons (Fsp3) is 0.467. The van der Waals surface area contributed by atoms with E-state index in [-0.39, 0.29) is 11.3 Å². The molecule has 2 fully saturated rings. The summed E-state index contributed by atoms with van der Waals surface area (Å²) in [6.07, 6.45) is 1.52. The molecule has 0 aliphatic carbocycles. The number of methoxy groups -OCH3 is 1. The number of ketones is 1. The Kier molecular flexibility index (Phi) is 9.84. The van der Waals surface area contributed by atoms with E-state index in [1.165, 1.54) is 0 Å². The van der Waals surface area contributed by atoms with E-state index >= 15 is 0 Å². The molecule has 210 valence electrons. The first-order valence-electron chi connectivity index (χ1n) is 13.6. The van der Waals surface area contributed by atoms with E-state index in [9.17, 15) is 14.7 Å². The first-order valence-corrected chi connectivity index (χ1v) is 13.6. The zero-order valence-corrected chi connectivity index (χ0v) is 23.0. The molecule has 2 heterocycles. The van der Waals surface area contributed by atoms with Crippen LogP contribution in [0.1, 0.15) is 43.9 Å². The average molecular weight is 539 g/mol. The van der Waals surface area contributed by atoms with Crippen molar-refractivity contribution in [3.8, 4) is 17.2 Å². The van der Waals surface area contributed by atoms with Gasteiger partial charge in [-0.2, -0.15) is 0 Å². The minimum atomic E-state index is -0.778. The van der Waals surface area contributed by atoms with Gasteiger partial charge in [0.15, 0.2) is 11.5 Å². The van der Waals surface area contributed by atoms with Gasteiger partial charge in [-0.25, -0.2) is 0 Å². The monoisotopic (exact) mass is 538 g/mol. The number of rotatable bonds is 12. The SMILES string of the molecule is CCCOc1cccc(/C(O)=C2\C(=O)C(=O)N(CCCN3CCOCC3)C2c2ccc(OCC)c(OC)c2)c1. The topological polar surface area (TPSA) is 97.8 Å². The van der Waals surface area contributed by atoms with E-state index in [2.05, 4.69) is 4.90 Å². The van der Waals surface area contributed by atoms with E-state index in [4.69, 9.17) is 18.9 Å². The fourth-order valence-electron chi connectivity index (χ4n) is 4.98. The summed E-state index contributed by atoms with van der Waals surface area (Å²) in [6.45, 7) is 9.10. The summed E-state index contributed by atoms with van der Waals surface area (Å²) in [4.78, 5) is 30.6.